The van der Waals surface area contributed by atoms with Crippen LogP contribution in [-0.2, 0) is 14.4 Å². The van der Waals surface area contributed by atoms with Crippen molar-refractivity contribution in [2.24, 2.45) is 5.10 Å². The van der Waals surface area contributed by atoms with Gasteiger partial charge in [-0.25, -0.2) is 9.82 Å². The first-order valence-corrected chi connectivity index (χ1v) is 8.72. The second-order valence-electron chi connectivity index (χ2n) is 5.28. The molecule has 0 aliphatic heterocycles. The van der Waals surface area contributed by atoms with Gasteiger partial charge < -0.3 is 15.4 Å². The van der Waals surface area contributed by atoms with E-state index in [1.165, 1.54) is 25.4 Å². The molecule has 2 rings (SSSR count). The van der Waals surface area contributed by atoms with Crippen LogP contribution >= 0.6 is 15.9 Å². The van der Waals surface area contributed by atoms with Crippen LogP contribution in [0.3, 0.4) is 0 Å². The number of rotatable bonds is 6. The number of nitrogens with one attached hydrogen (secondary N) is 3. The van der Waals surface area contributed by atoms with Crippen LogP contribution in [0.1, 0.15) is 5.56 Å². The first-order chi connectivity index (χ1) is 13.4. The predicted octanol–water partition coefficient (Wildman–Crippen LogP) is 1.80. The SMILES string of the molecule is CNC(=O)C(=O)N/N=C\c1ccccc1OCC(=O)Nc1ccc(Br)cc1F. The average molecular weight is 451 g/mol. The number of hydrogen-bond donors (Lipinski definition) is 3. The van der Waals surface area contributed by atoms with Crippen LogP contribution < -0.4 is 20.8 Å². The summed E-state index contributed by atoms with van der Waals surface area (Å²) in [7, 11) is 1.32. The largest absolute Gasteiger partial charge is 0.483 e. The molecule has 0 radical (unpaired) electrons. The fourth-order valence-corrected chi connectivity index (χ4v) is 2.30. The second kappa shape index (κ2) is 10.2. The third-order valence-corrected chi connectivity index (χ3v) is 3.78. The van der Waals surface area contributed by atoms with E-state index in [9.17, 15) is 18.8 Å². The number of halogens is 2. The minimum atomic E-state index is -0.923. The molecule has 0 spiro atoms. The van der Waals surface area contributed by atoms with E-state index in [1.54, 1.807) is 30.3 Å². The third-order valence-electron chi connectivity index (χ3n) is 3.29. The van der Waals surface area contributed by atoms with Crippen molar-refractivity contribution in [3.63, 3.8) is 0 Å². The number of para-hydroxylation sites is 1. The molecular weight excluding hydrogens is 435 g/mol. The molecule has 146 valence electrons. The number of hydrazone groups is 1. The number of carbonyl (C=O) groups is 3. The highest BCUT2D eigenvalue weighted by Gasteiger charge is 2.11. The molecule has 0 aromatic heterocycles. The van der Waals surface area contributed by atoms with Crippen molar-refractivity contribution in [1.29, 1.82) is 0 Å². The Morgan fingerprint density at radius 3 is 2.64 bits per heavy atom. The van der Waals surface area contributed by atoms with Gasteiger partial charge >= 0.3 is 11.8 Å². The quantitative estimate of drug-likeness (QED) is 0.354. The summed E-state index contributed by atoms with van der Waals surface area (Å²) in [6, 6.07) is 10.9. The number of ether oxygens (including phenoxy) is 1. The standard InChI is InChI=1S/C18H16BrFN4O4/c1-21-17(26)18(27)24-22-9-11-4-2-3-5-15(11)28-10-16(25)23-14-7-6-12(19)8-13(14)20/h2-9H,10H2,1H3,(H,21,26)(H,23,25)(H,24,27)/b22-9-. The van der Waals surface area contributed by atoms with Gasteiger partial charge in [-0.3, -0.25) is 14.4 Å². The number of hydrogen-bond acceptors (Lipinski definition) is 5. The van der Waals surface area contributed by atoms with Gasteiger partial charge in [-0.05, 0) is 30.3 Å². The Bertz CT molecular complexity index is 920. The molecule has 0 aliphatic rings. The molecule has 0 saturated heterocycles. The maximum absolute atomic E-state index is 13.8. The van der Waals surface area contributed by atoms with Gasteiger partial charge in [0.2, 0.25) is 0 Å². The maximum Gasteiger partial charge on any atom is 0.329 e. The minimum absolute atomic E-state index is 0.0311. The molecule has 0 heterocycles. The molecule has 28 heavy (non-hydrogen) atoms. The van der Waals surface area contributed by atoms with E-state index in [-0.39, 0.29) is 12.3 Å². The molecule has 0 fully saturated rings. The Hall–Kier alpha value is -3.27. The van der Waals surface area contributed by atoms with Gasteiger partial charge in [0.05, 0.1) is 11.9 Å². The predicted molar refractivity (Wildman–Crippen MR) is 104 cm³/mol. The Balaban J connectivity index is 1.96. The lowest BCUT2D eigenvalue weighted by Crippen LogP contribution is -2.35. The molecule has 0 aliphatic carbocycles. The summed E-state index contributed by atoms with van der Waals surface area (Å²) in [5.74, 6) is -2.58. The first kappa shape index (κ1) is 21.0. The van der Waals surface area contributed by atoms with Crippen molar-refractivity contribution in [2.75, 3.05) is 19.0 Å². The Labute approximate surface area is 168 Å². The van der Waals surface area contributed by atoms with Crippen molar-refractivity contribution in [2.45, 2.75) is 0 Å². The molecule has 3 N–H and O–H groups in total. The monoisotopic (exact) mass is 450 g/mol. The van der Waals surface area contributed by atoms with Gasteiger partial charge in [-0.2, -0.15) is 5.10 Å². The van der Waals surface area contributed by atoms with Crippen molar-refractivity contribution < 1.29 is 23.5 Å². The molecule has 2 aromatic rings. The zero-order chi connectivity index (χ0) is 20.5. The lowest BCUT2D eigenvalue weighted by Gasteiger charge is -2.10. The van der Waals surface area contributed by atoms with E-state index in [4.69, 9.17) is 4.74 Å². The van der Waals surface area contributed by atoms with Crippen LogP contribution in [0.4, 0.5) is 10.1 Å². The molecule has 10 heteroatoms. The Morgan fingerprint density at radius 2 is 1.93 bits per heavy atom. The van der Waals surface area contributed by atoms with Crippen LogP contribution in [0, 0.1) is 5.82 Å². The normalized spacial score (nSPS) is 10.4. The minimum Gasteiger partial charge on any atom is -0.483 e. The molecular formula is C18H16BrFN4O4. The number of carbonyl (C=O) groups excluding carboxylic acids is 3. The molecule has 3 amide bonds. The van der Waals surface area contributed by atoms with Crippen LogP contribution in [-0.4, -0.2) is 37.6 Å². The smallest absolute Gasteiger partial charge is 0.329 e. The van der Waals surface area contributed by atoms with Crippen molar-refractivity contribution in [1.82, 2.24) is 10.7 Å². The first-order valence-electron chi connectivity index (χ1n) is 7.92. The lowest BCUT2D eigenvalue weighted by molar-refractivity contribution is -0.138. The number of anilines is 1. The molecule has 0 bridgehead atoms. The number of benzene rings is 2. The highest BCUT2D eigenvalue weighted by molar-refractivity contribution is 9.10. The van der Waals surface area contributed by atoms with Gasteiger partial charge in [0.25, 0.3) is 5.91 Å². The van der Waals surface area contributed by atoms with E-state index < -0.39 is 23.5 Å². The van der Waals surface area contributed by atoms with Gasteiger partial charge in [0, 0.05) is 17.1 Å². The zero-order valence-corrected chi connectivity index (χ0v) is 16.2. The van der Waals surface area contributed by atoms with E-state index >= 15 is 0 Å². The van der Waals surface area contributed by atoms with E-state index in [2.05, 4.69) is 37.1 Å². The van der Waals surface area contributed by atoms with E-state index in [0.29, 0.717) is 15.8 Å². The van der Waals surface area contributed by atoms with Crippen LogP contribution in [0.5, 0.6) is 5.75 Å². The highest BCUT2D eigenvalue weighted by Crippen LogP contribution is 2.20. The summed E-state index contributed by atoms with van der Waals surface area (Å²) < 4.78 is 19.7. The molecule has 0 atom stereocenters. The average Bonchev–Trinajstić information content (AvgIpc) is 2.68. The van der Waals surface area contributed by atoms with Crippen LogP contribution in [0.25, 0.3) is 0 Å². The summed E-state index contributed by atoms with van der Waals surface area (Å²) in [6.45, 7) is -0.370. The molecule has 0 saturated carbocycles. The zero-order valence-electron chi connectivity index (χ0n) is 14.7. The Morgan fingerprint density at radius 1 is 1.18 bits per heavy atom. The Kier molecular flexibility index (Phi) is 7.64. The van der Waals surface area contributed by atoms with E-state index in [1.807, 2.05) is 0 Å². The summed E-state index contributed by atoms with van der Waals surface area (Å²) in [4.78, 5) is 34.4. The van der Waals surface area contributed by atoms with Crippen molar-refractivity contribution in [3.05, 3.63) is 58.3 Å². The van der Waals surface area contributed by atoms with Crippen molar-refractivity contribution in [3.8, 4) is 5.75 Å². The topological polar surface area (TPSA) is 109 Å². The lowest BCUT2D eigenvalue weighted by atomic mass is 10.2. The number of nitrogens with zero attached hydrogens (tertiary/aromatic N) is 1. The van der Waals surface area contributed by atoms with E-state index in [0.717, 1.165) is 0 Å². The van der Waals surface area contributed by atoms with Gasteiger partial charge in [-0.1, -0.05) is 28.1 Å². The maximum atomic E-state index is 13.8. The van der Waals surface area contributed by atoms with Gasteiger partial charge in [-0.15, -0.1) is 0 Å². The fourth-order valence-electron chi connectivity index (χ4n) is 1.96. The summed E-state index contributed by atoms with van der Waals surface area (Å²) in [6.07, 6.45) is 1.27. The van der Waals surface area contributed by atoms with Crippen LogP contribution in [0.2, 0.25) is 0 Å². The second-order valence-corrected chi connectivity index (χ2v) is 6.19. The van der Waals surface area contributed by atoms with Gasteiger partial charge in [0.15, 0.2) is 6.61 Å². The third kappa shape index (κ3) is 6.16. The van der Waals surface area contributed by atoms with Gasteiger partial charge in [0.1, 0.15) is 11.6 Å². The highest BCUT2D eigenvalue weighted by atomic mass is 79.9. The van der Waals surface area contributed by atoms with Crippen molar-refractivity contribution >= 4 is 45.6 Å². The van der Waals surface area contributed by atoms with Crippen LogP contribution in [0.15, 0.2) is 52.0 Å². The molecule has 2 aromatic carbocycles. The number of amides is 3. The summed E-state index contributed by atoms with van der Waals surface area (Å²) in [5, 5.41) is 8.24. The fraction of sp³-hybridized carbons (Fsp3) is 0.111. The summed E-state index contributed by atoms with van der Waals surface area (Å²) >= 11 is 3.14. The molecule has 8 nitrogen and oxygen atoms in total. The number of likely N-dealkylation sites (N-methyl/N-ethyl adjacent to an activating group) is 1. The summed E-state index contributed by atoms with van der Waals surface area (Å²) in [5.41, 5.74) is 2.55. The molecule has 0 unspecified atom stereocenters.